The van der Waals surface area contributed by atoms with Crippen LogP contribution in [0.15, 0.2) is 73.3 Å². The number of amides is 1. The van der Waals surface area contributed by atoms with E-state index in [1.165, 1.54) is 6.92 Å². The predicted octanol–water partition coefficient (Wildman–Crippen LogP) is 4.34. The fraction of sp³-hybridized carbons (Fsp3) is 0.333. The molecule has 0 bridgehead atoms. The van der Waals surface area contributed by atoms with E-state index < -0.39 is 29.4 Å². The van der Waals surface area contributed by atoms with E-state index in [1.54, 1.807) is 23.2 Å². The van der Waals surface area contributed by atoms with Gasteiger partial charge in [-0.3, -0.25) is 19.4 Å². The van der Waals surface area contributed by atoms with E-state index in [2.05, 4.69) is 10.3 Å². The Bertz CT molecular complexity index is 1120. The van der Waals surface area contributed by atoms with E-state index in [1.807, 2.05) is 75.5 Å². The number of hydrogen-bond donors (Lipinski definition) is 1. The molecule has 34 heavy (non-hydrogen) atoms. The summed E-state index contributed by atoms with van der Waals surface area (Å²) in [6, 6.07) is 13.4. The van der Waals surface area contributed by atoms with Crippen molar-refractivity contribution in [2.75, 3.05) is 0 Å². The lowest BCUT2D eigenvalue weighted by Crippen LogP contribution is -2.50. The standard InChI is InChI=1S/C27H31N3O4/c1-19(31)25(27(2,3)4)29-26(33)23(16-24(32)34-18-20-8-6-5-7-9-20)30-15-12-22(17-30)21-10-13-28-14-11-21/h5-15,17,23,25H,16,18H2,1-4H3,(H,29,33). The third-order valence-electron chi connectivity index (χ3n) is 5.55. The number of aromatic nitrogens is 2. The van der Waals surface area contributed by atoms with Gasteiger partial charge < -0.3 is 14.6 Å². The molecule has 0 radical (unpaired) electrons. The normalized spacial score (nSPS) is 13.1. The summed E-state index contributed by atoms with van der Waals surface area (Å²) in [5.74, 6) is -1.06. The van der Waals surface area contributed by atoms with Crippen LogP contribution in [0.3, 0.4) is 0 Å². The third-order valence-corrected chi connectivity index (χ3v) is 5.55. The quantitative estimate of drug-likeness (QED) is 0.479. The van der Waals surface area contributed by atoms with Crippen molar-refractivity contribution in [1.29, 1.82) is 0 Å². The summed E-state index contributed by atoms with van der Waals surface area (Å²) in [6.07, 6.45) is 6.78. The maximum Gasteiger partial charge on any atom is 0.308 e. The molecule has 2 unspecified atom stereocenters. The number of carbonyl (C=O) groups is 3. The van der Waals surface area contributed by atoms with Crippen LogP contribution in [0.4, 0.5) is 0 Å². The first-order valence-electron chi connectivity index (χ1n) is 11.2. The van der Waals surface area contributed by atoms with Crippen LogP contribution in [-0.4, -0.2) is 33.3 Å². The van der Waals surface area contributed by atoms with Crippen LogP contribution < -0.4 is 5.32 Å². The molecule has 1 amide bonds. The lowest BCUT2D eigenvalue weighted by molar-refractivity contribution is -0.148. The molecule has 3 rings (SSSR count). The van der Waals surface area contributed by atoms with Crippen molar-refractivity contribution < 1.29 is 19.1 Å². The summed E-state index contributed by atoms with van der Waals surface area (Å²) in [5, 5.41) is 2.86. The zero-order chi connectivity index (χ0) is 24.7. The van der Waals surface area contributed by atoms with Gasteiger partial charge in [-0.2, -0.15) is 0 Å². The molecule has 7 nitrogen and oxygen atoms in total. The van der Waals surface area contributed by atoms with Crippen molar-refractivity contribution in [3.63, 3.8) is 0 Å². The minimum absolute atomic E-state index is 0.125. The van der Waals surface area contributed by atoms with Crippen LogP contribution in [0.2, 0.25) is 0 Å². The highest BCUT2D eigenvalue weighted by Gasteiger charge is 2.33. The molecule has 2 atom stereocenters. The molecule has 3 aromatic rings. The molecule has 1 N–H and O–H groups in total. The van der Waals surface area contributed by atoms with Gasteiger partial charge in [-0.25, -0.2) is 0 Å². The van der Waals surface area contributed by atoms with E-state index in [0.29, 0.717) is 0 Å². The van der Waals surface area contributed by atoms with E-state index in [4.69, 9.17) is 4.74 Å². The maximum atomic E-state index is 13.4. The molecule has 0 aliphatic rings. The minimum Gasteiger partial charge on any atom is -0.461 e. The van der Waals surface area contributed by atoms with Crippen LogP contribution in [-0.2, 0) is 25.7 Å². The Morgan fingerprint density at radius 2 is 1.68 bits per heavy atom. The highest BCUT2D eigenvalue weighted by Crippen LogP contribution is 2.25. The Hall–Kier alpha value is -3.74. The highest BCUT2D eigenvalue weighted by atomic mass is 16.5. The number of pyridine rings is 1. The number of rotatable bonds is 9. The van der Waals surface area contributed by atoms with Gasteiger partial charge in [0.05, 0.1) is 12.5 Å². The molecule has 0 saturated heterocycles. The maximum absolute atomic E-state index is 13.4. The number of ketones is 1. The number of ether oxygens (including phenoxy) is 1. The van der Waals surface area contributed by atoms with Crippen LogP contribution >= 0.6 is 0 Å². The summed E-state index contributed by atoms with van der Waals surface area (Å²) in [4.78, 5) is 42.3. The zero-order valence-corrected chi connectivity index (χ0v) is 20.0. The Morgan fingerprint density at radius 1 is 1.00 bits per heavy atom. The number of Topliss-reactive ketones (excluding diaryl/α,β-unsaturated/α-hetero) is 1. The predicted molar refractivity (Wildman–Crippen MR) is 130 cm³/mol. The van der Waals surface area contributed by atoms with E-state index in [9.17, 15) is 14.4 Å². The molecule has 0 saturated carbocycles. The lowest BCUT2D eigenvalue weighted by atomic mass is 9.84. The first kappa shape index (κ1) is 24.9. The molecule has 1 aromatic carbocycles. The van der Waals surface area contributed by atoms with Crippen molar-refractivity contribution in [2.24, 2.45) is 5.41 Å². The van der Waals surface area contributed by atoms with Crippen LogP contribution in [0.5, 0.6) is 0 Å². The number of carbonyl (C=O) groups excluding carboxylic acids is 3. The minimum atomic E-state index is -0.872. The first-order chi connectivity index (χ1) is 16.1. The number of benzene rings is 1. The second-order valence-corrected chi connectivity index (χ2v) is 9.37. The number of esters is 1. The average molecular weight is 462 g/mol. The Labute approximate surface area is 200 Å². The fourth-order valence-corrected chi connectivity index (χ4v) is 3.78. The molecule has 0 spiro atoms. The summed E-state index contributed by atoms with van der Waals surface area (Å²) < 4.78 is 7.12. The van der Waals surface area contributed by atoms with E-state index in [-0.39, 0.29) is 18.8 Å². The first-order valence-corrected chi connectivity index (χ1v) is 11.2. The van der Waals surface area contributed by atoms with Crippen molar-refractivity contribution in [2.45, 2.75) is 52.8 Å². The number of hydrogen-bond acceptors (Lipinski definition) is 5. The topological polar surface area (TPSA) is 90.3 Å². The smallest absolute Gasteiger partial charge is 0.308 e. The summed E-state index contributed by atoms with van der Waals surface area (Å²) >= 11 is 0. The largest absolute Gasteiger partial charge is 0.461 e. The Balaban J connectivity index is 1.82. The van der Waals surface area contributed by atoms with E-state index in [0.717, 1.165) is 16.7 Å². The van der Waals surface area contributed by atoms with Gasteiger partial charge in [0, 0.05) is 24.8 Å². The van der Waals surface area contributed by atoms with Crippen molar-refractivity contribution in [3.8, 4) is 11.1 Å². The highest BCUT2D eigenvalue weighted by molar-refractivity contribution is 5.91. The average Bonchev–Trinajstić information content (AvgIpc) is 3.30. The summed E-state index contributed by atoms with van der Waals surface area (Å²) in [5.41, 5.74) is 2.22. The van der Waals surface area contributed by atoms with Crippen molar-refractivity contribution in [1.82, 2.24) is 14.9 Å². The van der Waals surface area contributed by atoms with Crippen molar-refractivity contribution >= 4 is 17.7 Å². The number of nitrogens with one attached hydrogen (secondary N) is 1. The zero-order valence-electron chi connectivity index (χ0n) is 20.0. The van der Waals surface area contributed by atoms with Gasteiger partial charge in [-0.1, -0.05) is 51.1 Å². The summed E-state index contributed by atoms with van der Waals surface area (Å²) in [7, 11) is 0. The van der Waals surface area contributed by atoms with Crippen LogP contribution in [0.1, 0.15) is 45.7 Å². The molecule has 0 fully saturated rings. The summed E-state index contributed by atoms with van der Waals surface area (Å²) in [6.45, 7) is 7.25. The molecule has 7 heteroatoms. The molecular weight excluding hydrogens is 430 g/mol. The monoisotopic (exact) mass is 461 g/mol. The van der Waals surface area contributed by atoms with Crippen LogP contribution in [0.25, 0.3) is 11.1 Å². The number of nitrogens with zero attached hydrogens (tertiary/aromatic N) is 2. The molecule has 2 aromatic heterocycles. The fourth-order valence-electron chi connectivity index (χ4n) is 3.78. The molecular formula is C27H31N3O4. The second kappa shape index (κ2) is 10.9. The van der Waals surface area contributed by atoms with Gasteiger partial charge in [0.15, 0.2) is 5.78 Å². The SMILES string of the molecule is CC(=O)C(NC(=O)C(CC(=O)OCc1ccccc1)n1ccc(-c2ccncc2)c1)C(C)(C)C. The Kier molecular flexibility index (Phi) is 7.99. The van der Waals surface area contributed by atoms with E-state index >= 15 is 0 Å². The van der Waals surface area contributed by atoms with Crippen LogP contribution in [0, 0.1) is 5.41 Å². The molecule has 0 aliphatic carbocycles. The Morgan fingerprint density at radius 3 is 2.29 bits per heavy atom. The van der Waals surface area contributed by atoms with Gasteiger partial charge in [0.1, 0.15) is 12.6 Å². The third kappa shape index (κ3) is 6.63. The van der Waals surface area contributed by atoms with Gasteiger partial charge in [0.25, 0.3) is 0 Å². The lowest BCUT2D eigenvalue weighted by Gasteiger charge is -2.31. The van der Waals surface area contributed by atoms with Gasteiger partial charge in [-0.05, 0) is 47.2 Å². The van der Waals surface area contributed by atoms with Gasteiger partial charge in [-0.15, -0.1) is 0 Å². The molecule has 0 aliphatic heterocycles. The van der Waals surface area contributed by atoms with Crippen molar-refractivity contribution in [3.05, 3.63) is 78.9 Å². The molecule has 178 valence electrons. The van der Waals surface area contributed by atoms with Gasteiger partial charge >= 0.3 is 5.97 Å². The van der Waals surface area contributed by atoms with Gasteiger partial charge in [0.2, 0.25) is 5.91 Å². The second-order valence-electron chi connectivity index (χ2n) is 9.37. The molecule has 2 heterocycles.